The molecule has 13 heavy (non-hydrogen) atoms. The maximum Gasteiger partial charge on any atom is 0.235 e. The van der Waals surface area contributed by atoms with Crippen molar-refractivity contribution in [2.75, 3.05) is 20.1 Å². The number of hydrogen-bond acceptors (Lipinski definition) is 3. The average molecular weight is 185 g/mol. The number of hydrogen-bond donors (Lipinski definition) is 2. The summed E-state index contributed by atoms with van der Waals surface area (Å²) in [6.45, 7) is 3.86. The Morgan fingerprint density at radius 2 is 2.31 bits per heavy atom. The average Bonchev–Trinajstić information content (AvgIpc) is 2.89. The molecule has 1 amide bonds. The highest BCUT2D eigenvalue weighted by molar-refractivity contribution is 5.80. The molecule has 0 radical (unpaired) electrons. The fourth-order valence-electron chi connectivity index (χ4n) is 1.53. The van der Waals surface area contributed by atoms with Crippen LogP contribution in [0, 0.1) is 0 Å². The summed E-state index contributed by atoms with van der Waals surface area (Å²) in [5, 5.41) is 2.93. The Balaban J connectivity index is 2.37. The summed E-state index contributed by atoms with van der Waals surface area (Å²) in [7, 11) is 1.77. The lowest BCUT2D eigenvalue weighted by atomic mass is 10.2. The Kier molecular flexibility index (Phi) is 3.69. The third-order valence-electron chi connectivity index (χ3n) is 2.58. The number of amides is 1. The third kappa shape index (κ3) is 2.97. The molecular weight excluding hydrogens is 166 g/mol. The van der Waals surface area contributed by atoms with Crippen molar-refractivity contribution in [3.63, 3.8) is 0 Å². The lowest BCUT2D eigenvalue weighted by Gasteiger charge is -2.24. The van der Waals surface area contributed by atoms with Gasteiger partial charge in [0, 0.05) is 12.6 Å². The fraction of sp³-hybridized carbons (Fsp3) is 0.889. The van der Waals surface area contributed by atoms with E-state index < -0.39 is 0 Å². The highest BCUT2D eigenvalue weighted by atomic mass is 16.1. The third-order valence-corrected chi connectivity index (χ3v) is 2.58. The van der Waals surface area contributed by atoms with Gasteiger partial charge in [0.2, 0.25) is 5.91 Å². The Bertz CT molecular complexity index is 180. The normalized spacial score (nSPS) is 19.0. The molecule has 4 heteroatoms. The van der Waals surface area contributed by atoms with Crippen LogP contribution in [0.2, 0.25) is 0 Å². The topological polar surface area (TPSA) is 58.4 Å². The Morgan fingerprint density at radius 1 is 1.69 bits per heavy atom. The second kappa shape index (κ2) is 4.58. The van der Waals surface area contributed by atoms with Gasteiger partial charge < -0.3 is 11.1 Å². The van der Waals surface area contributed by atoms with Crippen molar-refractivity contribution in [1.29, 1.82) is 0 Å². The van der Waals surface area contributed by atoms with E-state index in [1.54, 1.807) is 7.05 Å². The van der Waals surface area contributed by atoms with E-state index in [1.807, 2.05) is 0 Å². The van der Waals surface area contributed by atoms with Crippen LogP contribution in [0.5, 0.6) is 0 Å². The lowest BCUT2D eigenvalue weighted by molar-refractivity contribution is -0.120. The van der Waals surface area contributed by atoms with Gasteiger partial charge in [0.1, 0.15) is 0 Å². The first-order chi connectivity index (χ1) is 6.19. The number of carbonyl (C=O) groups excluding carboxylic acids is 1. The number of nitrogens with one attached hydrogen (secondary N) is 1. The molecule has 1 aliphatic carbocycles. The minimum atomic E-state index is -0.262. The molecule has 1 atom stereocenters. The highest BCUT2D eigenvalue weighted by Crippen LogP contribution is 2.26. The number of carbonyl (C=O) groups is 1. The van der Waals surface area contributed by atoms with E-state index in [-0.39, 0.29) is 11.9 Å². The lowest BCUT2D eigenvalue weighted by Crippen LogP contribution is -2.48. The summed E-state index contributed by atoms with van der Waals surface area (Å²) in [4.78, 5) is 13.3. The number of rotatable bonds is 6. The zero-order valence-corrected chi connectivity index (χ0v) is 8.42. The zero-order chi connectivity index (χ0) is 9.84. The molecule has 1 rings (SSSR count). The molecule has 0 aromatic heterocycles. The van der Waals surface area contributed by atoms with Crippen molar-refractivity contribution >= 4 is 5.91 Å². The quantitative estimate of drug-likeness (QED) is 0.589. The molecule has 0 aliphatic heterocycles. The van der Waals surface area contributed by atoms with E-state index in [4.69, 9.17) is 5.73 Å². The molecule has 1 aliphatic rings. The molecule has 4 nitrogen and oxygen atoms in total. The minimum Gasteiger partial charge on any atom is -0.368 e. The van der Waals surface area contributed by atoms with Crippen LogP contribution in [-0.2, 0) is 4.79 Å². The molecule has 76 valence electrons. The van der Waals surface area contributed by atoms with Crippen molar-refractivity contribution in [3.05, 3.63) is 0 Å². The standard InChI is InChI=1S/C9H19N3O/c1-3-12(7-4-5-7)6-8(11-2)9(10)13/h7-8,11H,3-6H2,1-2H3,(H2,10,13). The van der Waals surface area contributed by atoms with E-state index >= 15 is 0 Å². The zero-order valence-electron chi connectivity index (χ0n) is 8.42. The van der Waals surface area contributed by atoms with Crippen molar-refractivity contribution in [2.24, 2.45) is 5.73 Å². The maximum atomic E-state index is 11.0. The predicted molar refractivity (Wildman–Crippen MR) is 52.3 cm³/mol. The van der Waals surface area contributed by atoms with Crippen LogP contribution in [0.4, 0.5) is 0 Å². The van der Waals surface area contributed by atoms with Gasteiger partial charge in [-0.2, -0.15) is 0 Å². The first-order valence-electron chi connectivity index (χ1n) is 4.89. The summed E-state index contributed by atoms with van der Waals surface area (Å²) >= 11 is 0. The van der Waals surface area contributed by atoms with Crippen LogP contribution in [-0.4, -0.2) is 43.0 Å². The number of nitrogens with zero attached hydrogens (tertiary/aromatic N) is 1. The Morgan fingerprint density at radius 3 is 2.62 bits per heavy atom. The molecule has 0 heterocycles. The summed E-state index contributed by atoms with van der Waals surface area (Å²) in [5.41, 5.74) is 5.24. The summed E-state index contributed by atoms with van der Waals surface area (Å²) in [5.74, 6) is -0.262. The van der Waals surface area contributed by atoms with Crippen molar-refractivity contribution < 1.29 is 4.79 Å². The van der Waals surface area contributed by atoms with E-state index in [2.05, 4.69) is 17.1 Å². The second-order valence-corrected chi connectivity index (χ2v) is 3.56. The molecule has 0 aromatic rings. The first-order valence-corrected chi connectivity index (χ1v) is 4.89. The monoisotopic (exact) mass is 185 g/mol. The van der Waals surface area contributed by atoms with Crippen molar-refractivity contribution in [1.82, 2.24) is 10.2 Å². The van der Waals surface area contributed by atoms with Gasteiger partial charge in [0.05, 0.1) is 6.04 Å². The molecule has 0 spiro atoms. The second-order valence-electron chi connectivity index (χ2n) is 3.56. The molecular formula is C9H19N3O. The van der Waals surface area contributed by atoms with Gasteiger partial charge in [-0.15, -0.1) is 0 Å². The number of primary amides is 1. The highest BCUT2D eigenvalue weighted by Gasteiger charge is 2.30. The van der Waals surface area contributed by atoms with Gasteiger partial charge in [-0.25, -0.2) is 0 Å². The van der Waals surface area contributed by atoms with E-state index in [0.29, 0.717) is 6.04 Å². The smallest absolute Gasteiger partial charge is 0.235 e. The van der Waals surface area contributed by atoms with Gasteiger partial charge >= 0.3 is 0 Å². The Hall–Kier alpha value is -0.610. The van der Waals surface area contributed by atoms with Crippen molar-refractivity contribution in [2.45, 2.75) is 31.8 Å². The summed E-state index contributed by atoms with van der Waals surface area (Å²) in [6, 6.07) is 0.487. The molecule has 0 aromatic carbocycles. The first kappa shape index (κ1) is 10.5. The van der Waals surface area contributed by atoms with Crippen LogP contribution in [0.25, 0.3) is 0 Å². The van der Waals surface area contributed by atoms with Gasteiger partial charge in [0.15, 0.2) is 0 Å². The maximum absolute atomic E-state index is 11.0. The SMILES string of the molecule is CCN(CC(NC)C(N)=O)C1CC1. The molecule has 3 N–H and O–H groups in total. The summed E-state index contributed by atoms with van der Waals surface area (Å²) < 4.78 is 0. The predicted octanol–water partition coefficient (Wildman–Crippen LogP) is -0.456. The minimum absolute atomic E-state index is 0.208. The number of nitrogens with two attached hydrogens (primary N) is 1. The molecule has 1 fully saturated rings. The van der Waals surface area contributed by atoms with Crippen LogP contribution >= 0.6 is 0 Å². The van der Waals surface area contributed by atoms with Gasteiger partial charge in [-0.3, -0.25) is 9.69 Å². The van der Waals surface area contributed by atoms with Crippen LogP contribution < -0.4 is 11.1 Å². The van der Waals surface area contributed by atoms with Gasteiger partial charge in [-0.05, 0) is 26.4 Å². The van der Waals surface area contributed by atoms with Gasteiger partial charge in [0.25, 0.3) is 0 Å². The van der Waals surface area contributed by atoms with E-state index in [9.17, 15) is 4.79 Å². The molecule has 1 saturated carbocycles. The van der Waals surface area contributed by atoms with E-state index in [0.717, 1.165) is 13.1 Å². The fourth-order valence-corrected chi connectivity index (χ4v) is 1.53. The largest absolute Gasteiger partial charge is 0.368 e. The van der Waals surface area contributed by atoms with Crippen LogP contribution in [0.1, 0.15) is 19.8 Å². The number of likely N-dealkylation sites (N-methyl/N-ethyl adjacent to an activating group) is 2. The molecule has 1 unspecified atom stereocenters. The molecule has 0 bridgehead atoms. The molecule has 0 saturated heterocycles. The van der Waals surface area contributed by atoms with Crippen LogP contribution in [0.3, 0.4) is 0 Å². The van der Waals surface area contributed by atoms with Gasteiger partial charge in [-0.1, -0.05) is 6.92 Å². The van der Waals surface area contributed by atoms with Crippen molar-refractivity contribution in [3.8, 4) is 0 Å². The summed E-state index contributed by atoms with van der Waals surface area (Å²) in [6.07, 6.45) is 2.53. The van der Waals surface area contributed by atoms with E-state index in [1.165, 1.54) is 12.8 Å². The van der Waals surface area contributed by atoms with Crippen LogP contribution in [0.15, 0.2) is 0 Å². The Labute approximate surface area is 79.5 Å².